The van der Waals surface area contributed by atoms with E-state index < -0.39 is 0 Å². The second-order valence-electron chi connectivity index (χ2n) is 4.68. The molecule has 2 rings (SSSR count). The van der Waals surface area contributed by atoms with Crippen molar-refractivity contribution in [2.45, 2.75) is 82.1 Å². The summed E-state index contributed by atoms with van der Waals surface area (Å²) >= 11 is 0. The molecule has 0 spiro atoms. The van der Waals surface area contributed by atoms with Gasteiger partial charge in [-0.2, -0.15) is 0 Å². The number of hydrogen-bond donors (Lipinski definition) is 0. The molecule has 0 aliphatic heterocycles. The molecular formula is C22H40. The average Bonchev–Trinajstić information content (AvgIpc) is 2.59. The van der Waals surface area contributed by atoms with Crippen molar-refractivity contribution in [1.29, 1.82) is 0 Å². The van der Waals surface area contributed by atoms with E-state index in [0.717, 1.165) is 0 Å². The molecule has 0 saturated heterocycles. The van der Waals surface area contributed by atoms with Gasteiger partial charge in [0.15, 0.2) is 0 Å². The highest BCUT2D eigenvalue weighted by atomic mass is 14.0. The van der Waals surface area contributed by atoms with Crippen LogP contribution in [0.4, 0.5) is 0 Å². The predicted molar refractivity (Wildman–Crippen MR) is 107 cm³/mol. The van der Waals surface area contributed by atoms with Gasteiger partial charge in [0.1, 0.15) is 0 Å². The summed E-state index contributed by atoms with van der Waals surface area (Å²) in [6.45, 7) is 20.6. The minimum absolute atomic E-state index is 1.27. The van der Waals surface area contributed by atoms with Gasteiger partial charge in [0, 0.05) is 0 Å². The lowest BCUT2D eigenvalue weighted by Crippen LogP contribution is -1.85. The minimum atomic E-state index is 1.27. The molecule has 0 bridgehead atoms. The van der Waals surface area contributed by atoms with Crippen LogP contribution in [0.5, 0.6) is 0 Å². The largest absolute Gasteiger partial charge is 0.0730 e. The normalized spacial score (nSPS) is 11.4. The zero-order valence-electron chi connectivity index (χ0n) is 16.9. The Labute approximate surface area is 141 Å². The van der Waals surface area contributed by atoms with Crippen LogP contribution >= 0.6 is 0 Å². The molecule has 0 unspecified atom stereocenters. The van der Waals surface area contributed by atoms with Gasteiger partial charge in [-0.15, -0.1) is 0 Å². The van der Waals surface area contributed by atoms with Gasteiger partial charge in [0.2, 0.25) is 0 Å². The topological polar surface area (TPSA) is 0 Å². The van der Waals surface area contributed by atoms with Crippen LogP contribution in [-0.4, -0.2) is 0 Å². The summed E-state index contributed by atoms with van der Waals surface area (Å²) in [6.07, 6.45) is 6.95. The van der Waals surface area contributed by atoms with Gasteiger partial charge < -0.3 is 0 Å². The van der Waals surface area contributed by atoms with Crippen LogP contribution in [0.2, 0.25) is 0 Å². The van der Waals surface area contributed by atoms with Crippen molar-refractivity contribution >= 4 is 0 Å². The summed E-state index contributed by atoms with van der Waals surface area (Å²) in [5, 5.41) is 0. The van der Waals surface area contributed by atoms with Crippen LogP contribution < -0.4 is 0 Å². The van der Waals surface area contributed by atoms with Gasteiger partial charge >= 0.3 is 0 Å². The van der Waals surface area contributed by atoms with Crippen molar-refractivity contribution in [3.8, 4) is 0 Å². The predicted octanol–water partition coefficient (Wildman–Crippen LogP) is 8.05. The van der Waals surface area contributed by atoms with Crippen molar-refractivity contribution in [3.63, 3.8) is 0 Å². The fourth-order valence-corrected chi connectivity index (χ4v) is 1.48. The van der Waals surface area contributed by atoms with E-state index in [1.54, 1.807) is 0 Å². The molecular weight excluding hydrogens is 264 g/mol. The van der Waals surface area contributed by atoms with Crippen molar-refractivity contribution < 1.29 is 0 Å². The lowest BCUT2D eigenvalue weighted by atomic mass is 10.0. The van der Waals surface area contributed by atoms with Crippen LogP contribution in [0, 0.1) is 13.8 Å². The molecule has 128 valence electrons. The molecule has 1 aromatic carbocycles. The van der Waals surface area contributed by atoms with Crippen LogP contribution in [0.3, 0.4) is 0 Å². The maximum atomic E-state index is 2.21. The number of allylic oxidation sites excluding steroid dienone is 4. The van der Waals surface area contributed by atoms with Gasteiger partial charge in [-0.25, -0.2) is 0 Å². The monoisotopic (exact) mass is 304 g/mol. The Morgan fingerprint density at radius 1 is 0.500 bits per heavy atom. The quantitative estimate of drug-likeness (QED) is 0.454. The fourth-order valence-electron chi connectivity index (χ4n) is 1.48. The Morgan fingerprint density at radius 2 is 0.727 bits per heavy atom. The molecule has 0 atom stereocenters. The Morgan fingerprint density at radius 3 is 0.909 bits per heavy atom. The molecule has 0 aromatic heterocycles. The molecule has 0 heterocycles. The van der Waals surface area contributed by atoms with E-state index in [0.29, 0.717) is 0 Å². The molecule has 0 radical (unpaired) electrons. The second kappa shape index (κ2) is 19.7. The third kappa shape index (κ3) is 16.8. The molecule has 1 aliphatic rings. The molecule has 0 fully saturated rings. The Hall–Kier alpha value is -1.30. The summed E-state index contributed by atoms with van der Waals surface area (Å²) in [6, 6.07) is 8.48. The molecule has 0 N–H and O–H groups in total. The maximum Gasteiger partial charge on any atom is -0.0283 e. The summed E-state index contributed by atoms with van der Waals surface area (Å²) < 4.78 is 0. The summed E-state index contributed by atoms with van der Waals surface area (Å²) in [5.41, 5.74) is 5.68. The Bertz CT molecular complexity index is 338. The lowest BCUT2D eigenvalue weighted by Gasteiger charge is -2.05. The summed E-state index contributed by atoms with van der Waals surface area (Å²) in [7, 11) is 0. The van der Waals surface area contributed by atoms with Crippen molar-refractivity contribution in [3.05, 3.63) is 58.7 Å². The highest BCUT2D eigenvalue weighted by Gasteiger charge is 1.95. The first-order valence-corrected chi connectivity index (χ1v) is 8.94. The van der Waals surface area contributed by atoms with Crippen molar-refractivity contribution in [2.75, 3.05) is 0 Å². The minimum Gasteiger partial charge on any atom is -0.0730 e. The van der Waals surface area contributed by atoms with Crippen molar-refractivity contribution in [2.24, 2.45) is 0 Å². The first-order valence-electron chi connectivity index (χ1n) is 8.94. The van der Waals surface area contributed by atoms with Gasteiger partial charge in [-0.3, -0.25) is 0 Å². The SMILES string of the molecule is CC.CC.CC.CC1=CC=C(C)CC1.Cc1ccc(C)cc1. The van der Waals surface area contributed by atoms with E-state index in [1.807, 2.05) is 41.5 Å². The number of hydrogen-bond acceptors (Lipinski definition) is 0. The van der Waals surface area contributed by atoms with Gasteiger partial charge in [-0.1, -0.05) is 100 Å². The van der Waals surface area contributed by atoms with E-state index in [4.69, 9.17) is 0 Å². The number of rotatable bonds is 0. The third-order valence-electron chi connectivity index (χ3n) is 2.78. The Kier molecular flexibility index (Phi) is 23.0. The average molecular weight is 305 g/mol. The van der Waals surface area contributed by atoms with E-state index >= 15 is 0 Å². The molecule has 0 saturated carbocycles. The first-order chi connectivity index (χ1) is 10.6. The van der Waals surface area contributed by atoms with Gasteiger partial charge in [0.25, 0.3) is 0 Å². The van der Waals surface area contributed by atoms with Crippen molar-refractivity contribution in [1.82, 2.24) is 0 Å². The zero-order chi connectivity index (χ0) is 18.0. The molecule has 0 amide bonds. The van der Waals surface area contributed by atoms with Crippen LogP contribution in [0.25, 0.3) is 0 Å². The van der Waals surface area contributed by atoms with E-state index in [1.165, 1.54) is 35.1 Å². The second-order valence-corrected chi connectivity index (χ2v) is 4.68. The highest BCUT2D eigenvalue weighted by molar-refractivity contribution is 5.21. The van der Waals surface area contributed by atoms with Gasteiger partial charge in [-0.05, 0) is 40.5 Å². The molecule has 1 aromatic rings. The molecule has 22 heavy (non-hydrogen) atoms. The van der Waals surface area contributed by atoms with Crippen LogP contribution in [0.15, 0.2) is 47.6 Å². The number of benzene rings is 1. The Balaban J connectivity index is -0.000000246. The smallest absolute Gasteiger partial charge is 0.0283 e. The third-order valence-corrected chi connectivity index (χ3v) is 2.78. The number of aryl methyl sites for hydroxylation is 2. The maximum absolute atomic E-state index is 2.21. The molecule has 0 heteroatoms. The van der Waals surface area contributed by atoms with Crippen LogP contribution in [-0.2, 0) is 0 Å². The van der Waals surface area contributed by atoms with E-state index in [9.17, 15) is 0 Å². The van der Waals surface area contributed by atoms with Crippen LogP contribution in [0.1, 0.15) is 79.4 Å². The molecule has 0 nitrogen and oxygen atoms in total. The molecule has 1 aliphatic carbocycles. The first kappa shape index (κ1) is 25.6. The van der Waals surface area contributed by atoms with Gasteiger partial charge in [0.05, 0.1) is 0 Å². The summed E-state index contributed by atoms with van der Waals surface area (Å²) in [4.78, 5) is 0. The highest BCUT2D eigenvalue weighted by Crippen LogP contribution is 2.15. The zero-order valence-corrected chi connectivity index (χ0v) is 16.9. The lowest BCUT2D eigenvalue weighted by molar-refractivity contribution is 0.906. The fraction of sp³-hybridized carbons (Fsp3) is 0.545. The standard InChI is InChI=1S/C8H12.C8H10.3C2H6/c2*1-7-3-5-8(2)6-4-7;3*1-2/h3,5H,4,6H2,1-2H3;3-6H,1-2H3;3*1-2H3. The van der Waals surface area contributed by atoms with E-state index in [2.05, 4.69) is 64.1 Å². The summed E-state index contributed by atoms with van der Waals surface area (Å²) in [5.74, 6) is 0. The van der Waals surface area contributed by atoms with E-state index in [-0.39, 0.29) is 0 Å².